The number of carbonyl (C=O) groups excluding carboxylic acids is 1. The molecule has 1 aromatic heterocycles. The molecule has 0 spiro atoms. The zero-order chi connectivity index (χ0) is 16.9. The molecule has 0 radical (unpaired) electrons. The van der Waals surface area contributed by atoms with Crippen LogP contribution in [0.25, 0.3) is 0 Å². The lowest BCUT2D eigenvalue weighted by Gasteiger charge is -2.34. The van der Waals surface area contributed by atoms with Crippen LogP contribution in [0.15, 0.2) is 36.7 Å². The van der Waals surface area contributed by atoms with E-state index >= 15 is 0 Å². The van der Waals surface area contributed by atoms with E-state index in [2.05, 4.69) is 14.9 Å². The van der Waals surface area contributed by atoms with Crippen LogP contribution < -0.4 is 9.64 Å². The molecule has 6 heteroatoms. The average Bonchev–Trinajstić information content (AvgIpc) is 2.63. The highest BCUT2D eigenvalue weighted by molar-refractivity contribution is 5.78. The van der Waals surface area contributed by atoms with E-state index in [0.717, 1.165) is 35.9 Å². The number of aromatic nitrogens is 2. The largest absolute Gasteiger partial charge is 0.483 e. The van der Waals surface area contributed by atoms with E-state index < -0.39 is 0 Å². The smallest absolute Gasteiger partial charge is 0.260 e. The number of hydrogen-bond donors (Lipinski definition) is 0. The number of nitrogens with zero attached hydrogens (tertiary/aromatic N) is 4. The van der Waals surface area contributed by atoms with Gasteiger partial charge in [-0.2, -0.15) is 0 Å². The van der Waals surface area contributed by atoms with Gasteiger partial charge in [-0.1, -0.05) is 12.1 Å². The van der Waals surface area contributed by atoms with Gasteiger partial charge in [-0.25, -0.2) is 9.97 Å². The summed E-state index contributed by atoms with van der Waals surface area (Å²) in [5, 5.41) is 0. The number of carbonyl (C=O) groups is 1. The Kier molecular flexibility index (Phi) is 4.93. The molecule has 1 amide bonds. The van der Waals surface area contributed by atoms with Gasteiger partial charge in [0.05, 0.1) is 0 Å². The highest BCUT2D eigenvalue weighted by Crippen LogP contribution is 2.20. The first-order chi connectivity index (χ1) is 11.6. The first-order valence-corrected chi connectivity index (χ1v) is 8.14. The van der Waals surface area contributed by atoms with Gasteiger partial charge in [-0.05, 0) is 37.1 Å². The predicted octanol–water partition coefficient (Wildman–Crippen LogP) is 1.82. The minimum Gasteiger partial charge on any atom is -0.483 e. The first kappa shape index (κ1) is 16.2. The second-order valence-corrected chi connectivity index (χ2v) is 5.90. The van der Waals surface area contributed by atoms with Crippen molar-refractivity contribution < 1.29 is 9.53 Å². The van der Waals surface area contributed by atoms with E-state index in [1.807, 2.05) is 36.9 Å². The SMILES string of the molecule is Cc1cccc(OCC(=O)N2CCN(c3ncccn3)CC2)c1C. The van der Waals surface area contributed by atoms with E-state index in [1.54, 1.807) is 18.5 Å². The number of hydrogen-bond acceptors (Lipinski definition) is 5. The van der Waals surface area contributed by atoms with Gasteiger partial charge >= 0.3 is 0 Å². The van der Waals surface area contributed by atoms with Gasteiger partial charge in [0.2, 0.25) is 5.95 Å². The number of piperazine rings is 1. The van der Waals surface area contributed by atoms with E-state index in [9.17, 15) is 4.79 Å². The Bertz CT molecular complexity index is 697. The second kappa shape index (κ2) is 7.29. The van der Waals surface area contributed by atoms with Gasteiger partial charge in [-0.3, -0.25) is 4.79 Å². The molecular formula is C18H22N4O2. The van der Waals surface area contributed by atoms with Gasteiger partial charge in [0.25, 0.3) is 5.91 Å². The highest BCUT2D eigenvalue weighted by atomic mass is 16.5. The maximum Gasteiger partial charge on any atom is 0.260 e. The Morgan fingerprint density at radius 3 is 2.50 bits per heavy atom. The van der Waals surface area contributed by atoms with Crippen LogP contribution in [-0.4, -0.2) is 53.6 Å². The molecule has 24 heavy (non-hydrogen) atoms. The van der Waals surface area contributed by atoms with Crippen LogP contribution in [0.5, 0.6) is 5.75 Å². The maximum atomic E-state index is 12.4. The van der Waals surface area contributed by atoms with Crippen molar-refractivity contribution in [1.82, 2.24) is 14.9 Å². The Hall–Kier alpha value is -2.63. The molecule has 1 fully saturated rings. The molecule has 0 saturated carbocycles. The molecule has 0 bridgehead atoms. The molecule has 3 rings (SSSR count). The van der Waals surface area contributed by atoms with Crippen molar-refractivity contribution in [1.29, 1.82) is 0 Å². The Balaban J connectivity index is 1.51. The van der Waals surface area contributed by atoms with Gasteiger partial charge in [0.1, 0.15) is 5.75 Å². The number of aryl methyl sites for hydroxylation is 1. The lowest BCUT2D eigenvalue weighted by Crippen LogP contribution is -2.50. The molecular weight excluding hydrogens is 304 g/mol. The van der Waals surface area contributed by atoms with Crippen molar-refractivity contribution in [2.75, 3.05) is 37.7 Å². The van der Waals surface area contributed by atoms with E-state index in [4.69, 9.17) is 4.74 Å². The molecule has 6 nitrogen and oxygen atoms in total. The minimum atomic E-state index is 0.0181. The van der Waals surface area contributed by atoms with Crippen molar-refractivity contribution in [3.05, 3.63) is 47.8 Å². The molecule has 0 aliphatic carbocycles. The van der Waals surface area contributed by atoms with E-state index in [1.165, 1.54) is 0 Å². The third-order valence-corrected chi connectivity index (χ3v) is 4.37. The Labute approximate surface area is 142 Å². The first-order valence-electron chi connectivity index (χ1n) is 8.14. The molecule has 0 atom stereocenters. The normalized spacial score (nSPS) is 14.6. The van der Waals surface area contributed by atoms with Crippen molar-refractivity contribution >= 4 is 11.9 Å². The maximum absolute atomic E-state index is 12.4. The zero-order valence-electron chi connectivity index (χ0n) is 14.1. The summed E-state index contributed by atoms with van der Waals surface area (Å²) in [6.45, 7) is 6.91. The summed E-state index contributed by atoms with van der Waals surface area (Å²) in [5.41, 5.74) is 2.24. The lowest BCUT2D eigenvalue weighted by atomic mass is 10.1. The summed E-state index contributed by atoms with van der Waals surface area (Å²) in [4.78, 5) is 24.8. The molecule has 1 aliphatic heterocycles. The fourth-order valence-corrected chi connectivity index (χ4v) is 2.72. The summed E-state index contributed by atoms with van der Waals surface area (Å²) in [6.07, 6.45) is 3.47. The molecule has 126 valence electrons. The van der Waals surface area contributed by atoms with Crippen LogP contribution >= 0.6 is 0 Å². The molecule has 0 N–H and O–H groups in total. The van der Waals surface area contributed by atoms with Crippen LogP contribution in [0.4, 0.5) is 5.95 Å². The molecule has 1 aromatic carbocycles. The van der Waals surface area contributed by atoms with Gasteiger partial charge in [0, 0.05) is 38.6 Å². The topological polar surface area (TPSA) is 58.6 Å². The average molecular weight is 326 g/mol. The van der Waals surface area contributed by atoms with E-state index in [-0.39, 0.29) is 12.5 Å². The fourth-order valence-electron chi connectivity index (χ4n) is 2.72. The van der Waals surface area contributed by atoms with E-state index in [0.29, 0.717) is 13.1 Å². The number of ether oxygens (including phenoxy) is 1. The lowest BCUT2D eigenvalue weighted by molar-refractivity contribution is -0.133. The van der Waals surface area contributed by atoms with Gasteiger partial charge < -0.3 is 14.5 Å². The predicted molar refractivity (Wildman–Crippen MR) is 92.2 cm³/mol. The second-order valence-electron chi connectivity index (χ2n) is 5.90. The third kappa shape index (κ3) is 3.64. The van der Waals surface area contributed by atoms with Crippen LogP contribution in [0.1, 0.15) is 11.1 Å². The Morgan fingerprint density at radius 1 is 1.08 bits per heavy atom. The fraction of sp³-hybridized carbons (Fsp3) is 0.389. The summed E-state index contributed by atoms with van der Waals surface area (Å²) in [6, 6.07) is 7.68. The molecule has 1 aliphatic rings. The quantitative estimate of drug-likeness (QED) is 0.858. The van der Waals surface area contributed by atoms with Crippen molar-refractivity contribution in [2.24, 2.45) is 0 Å². The minimum absolute atomic E-state index is 0.0181. The van der Waals surface area contributed by atoms with Crippen molar-refractivity contribution in [2.45, 2.75) is 13.8 Å². The highest BCUT2D eigenvalue weighted by Gasteiger charge is 2.22. The standard InChI is InChI=1S/C18H22N4O2/c1-14-5-3-6-16(15(14)2)24-13-17(23)21-9-11-22(12-10-21)18-19-7-4-8-20-18/h3-8H,9-13H2,1-2H3. The van der Waals surface area contributed by atoms with Crippen LogP contribution in [0.2, 0.25) is 0 Å². The number of rotatable bonds is 4. The number of amides is 1. The molecule has 1 saturated heterocycles. The summed E-state index contributed by atoms with van der Waals surface area (Å²) in [5.74, 6) is 1.51. The molecule has 0 unspecified atom stereocenters. The Morgan fingerprint density at radius 2 is 1.79 bits per heavy atom. The zero-order valence-corrected chi connectivity index (χ0v) is 14.1. The molecule has 2 heterocycles. The van der Waals surface area contributed by atoms with Crippen LogP contribution in [0.3, 0.4) is 0 Å². The summed E-state index contributed by atoms with van der Waals surface area (Å²) in [7, 11) is 0. The third-order valence-electron chi connectivity index (χ3n) is 4.37. The van der Waals surface area contributed by atoms with Crippen molar-refractivity contribution in [3.63, 3.8) is 0 Å². The molecule has 2 aromatic rings. The summed E-state index contributed by atoms with van der Waals surface area (Å²) >= 11 is 0. The van der Waals surface area contributed by atoms with Gasteiger partial charge in [0.15, 0.2) is 6.61 Å². The van der Waals surface area contributed by atoms with Crippen LogP contribution in [-0.2, 0) is 4.79 Å². The summed E-state index contributed by atoms with van der Waals surface area (Å²) < 4.78 is 5.71. The van der Waals surface area contributed by atoms with Gasteiger partial charge in [-0.15, -0.1) is 0 Å². The monoisotopic (exact) mass is 326 g/mol. The van der Waals surface area contributed by atoms with Crippen LogP contribution in [0, 0.1) is 13.8 Å². The number of benzene rings is 1. The number of anilines is 1. The van der Waals surface area contributed by atoms with Crippen molar-refractivity contribution in [3.8, 4) is 5.75 Å².